The molecule has 0 aromatic heterocycles. The second-order valence-electron chi connectivity index (χ2n) is 24.6. The first kappa shape index (κ1) is 68.3. The highest BCUT2D eigenvalue weighted by atomic mass is 16.5. The summed E-state index contributed by atoms with van der Waals surface area (Å²) >= 11 is 0. The molecule has 0 unspecified atom stereocenters. The summed E-state index contributed by atoms with van der Waals surface area (Å²) < 4.78 is 5.88. The van der Waals surface area contributed by atoms with E-state index >= 15 is 0 Å². The Bertz CT molecular complexity index is 2920. The molecule has 1 aliphatic rings. The predicted octanol–water partition coefficient (Wildman–Crippen LogP) is 25.7. The monoisotopic (exact) mass is 1120 g/mol. The maximum atomic E-state index is 5.88. The van der Waals surface area contributed by atoms with Crippen LogP contribution in [-0.4, -0.2) is 6.61 Å². The molecule has 0 saturated heterocycles. The summed E-state index contributed by atoms with van der Waals surface area (Å²) in [4.78, 5) is 0. The third kappa shape index (κ3) is 21.3. The normalized spacial score (nSPS) is 11.6. The molecule has 0 fully saturated rings. The lowest BCUT2D eigenvalue weighted by molar-refractivity contribution is 0.302. The van der Waals surface area contributed by atoms with Crippen LogP contribution in [0.5, 0.6) is 5.75 Å². The molecular weight excluding hydrogens is 1010 g/mol. The standard InChI is InChI=1S/C43H54.C17H28O.C14H14.C8H10.CH4/c1-5-7-9-11-13-15-29-43(30-16-14-12-10-8-6-2)41-31-37(35-21-17-33(3)18-22-35)25-27-39(41)40-28-26-38(32-42(40)43)36-23-19-34(4)20-24-36;1-5-6-7-8-9-10-11-18-17-13-15(3)14(2)12-16(17)4;1-11-3-7-13(8-4-11)14-9-5-12(2)6-10-14;1-7-3-5-8(2)6-4-7;/h17-28,31-32H,5-16,29-30H2,1-4H3;12-13H,5-11H2,1-4H3;3-10H,1-2H3;3-6H,1-2H3;1H4. The molecule has 0 atom stereocenters. The Balaban J connectivity index is 0.000000255. The maximum Gasteiger partial charge on any atom is 0.122 e. The lowest BCUT2D eigenvalue weighted by atomic mass is 9.70. The summed E-state index contributed by atoms with van der Waals surface area (Å²) in [6.45, 7) is 27.0. The van der Waals surface area contributed by atoms with Crippen molar-refractivity contribution in [3.8, 4) is 50.3 Å². The second-order valence-corrected chi connectivity index (χ2v) is 24.6. The summed E-state index contributed by atoms with van der Waals surface area (Å²) in [5.41, 5.74) is 26.0. The molecule has 0 heterocycles. The Morgan fingerprint density at radius 1 is 0.274 bits per heavy atom. The number of unbranched alkanes of at least 4 members (excludes halogenated alkanes) is 15. The Hall–Kier alpha value is -6.44. The van der Waals surface area contributed by atoms with E-state index in [1.54, 1.807) is 11.1 Å². The average molecular weight is 1120 g/mol. The van der Waals surface area contributed by atoms with E-state index in [2.05, 4.69) is 253 Å². The van der Waals surface area contributed by atoms with E-state index in [0.717, 1.165) is 12.4 Å². The summed E-state index contributed by atoms with van der Waals surface area (Å²) in [6, 6.07) is 63.1. The molecule has 8 aromatic carbocycles. The molecule has 1 aliphatic carbocycles. The van der Waals surface area contributed by atoms with E-state index in [1.165, 1.54) is 223 Å². The average Bonchev–Trinajstić information content (AvgIpc) is 2.48. The molecule has 0 saturated carbocycles. The minimum absolute atomic E-state index is 0. The molecule has 84 heavy (non-hydrogen) atoms. The van der Waals surface area contributed by atoms with Crippen molar-refractivity contribution in [1.82, 2.24) is 0 Å². The van der Waals surface area contributed by atoms with Gasteiger partial charge in [-0.1, -0.05) is 322 Å². The van der Waals surface area contributed by atoms with Crippen LogP contribution in [0.15, 0.2) is 170 Å². The first-order chi connectivity index (χ1) is 40.2. The Morgan fingerprint density at radius 3 is 0.893 bits per heavy atom. The number of hydrogen-bond donors (Lipinski definition) is 0. The number of ether oxygens (including phenoxy) is 1. The minimum Gasteiger partial charge on any atom is -0.493 e. The van der Waals surface area contributed by atoms with Crippen molar-refractivity contribution in [3.63, 3.8) is 0 Å². The summed E-state index contributed by atoms with van der Waals surface area (Å²) in [5.74, 6) is 1.06. The van der Waals surface area contributed by atoms with Crippen LogP contribution >= 0.6 is 0 Å². The molecule has 8 aromatic rings. The van der Waals surface area contributed by atoms with Crippen molar-refractivity contribution in [2.24, 2.45) is 0 Å². The van der Waals surface area contributed by atoms with Crippen LogP contribution in [0.25, 0.3) is 44.5 Å². The van der Waals surface area contributed by atoms with Gasteiger partial charge in [0.2, 0.25) is 0 Å². The van der Waals surface area contributed by atoms with Crippen molar-refractivity contribution >= 4 is 0 Å². The van der Waals surface area contributed by atoms with Gasteiger partial charge in [0, 0.05) is 5.41 Å². The van der Waals surface area contributed by atoms with Crippen molar-refractivity contribution in [3.05, 3.63) is 231 Å². The zero-order valence-corrected chi connectivity index (χ0v) is 53.9. The second kappa shape index (κ2) is 36.4. The van der Waals surface area contributed by atoms with Gasteiger partial charge in [-0.05, 0) is 172 Å². The maximum absolute atomic E-state index is 5.88. The Kier molecular flexibility index (Phi) is 29.6. The molecule has 0 spiro atoms. The third-order valence-corrected chi connectivity index (χ3v) is 17.2. The molecule has 0 amide bonds. The molecule has 9 rings (SSSR count). The minimum atomic E-state index is 0. The molecule has 1 heteroatoms. The van der Waals surface area contributed by atoms with Gasteiger partial charge in [0.1, 0.15) is 5.75 Å². The first-order valence-electron chi connectivity index (χ1n) is 32.6. The Labute approximate surface area is 514 Å². The number of rotatable bonds is 25. The highest BCUT2D eigenvalue weighted by molar-refractivity contribution is 5.86. The van der Waals surface area contributed by atoms with E-state index in [1.807, 2.05) is 0 Å². The smallest absolute Gasteiger partial charge is 0.122 e. The highest BCUT2D eigenvalue weighted by Gasteiger charge is 2.42. The summed E-state index contributed by atoms with van der Waals surface area (Å²) in [5, 5.41) is 0. The number of hydrogen-bond acceptors (Lipinski definition) is 1. The van der Waals surface area contributed by atoms with Crippen LogP contribution in [0.3, 0.4) is 0 Å². The van der Waals surface area contributed by atoms with Gasteiger partial charge >= 0.3 is 0 Å². The third-order valence-electron chi connectivity index (χ3n) is 17.2. The predicted molar refractivity (Wildman–Crippen MR) is 373 cm³/mol. The highest BCUT2D eigenvalue weighted by Crippen LogP contribution is 2.56. The van der Waals surface area contributed by atoms with E-state index in [-0.39, 0.29) is 12.8 Å². The molecule has 0 bridgehead atoms. The van der Waals surface area contributed by atoms with Gasteiger partial charge in [-0.15, -0.1) is 0 Å². The van der Waals surface area contributed by atoms with Crippen LogP contribution in [0.1, 0.15) is 218 Å². The fourth-order valence-electron chi connectivity index (χ4n) is 11.7. The van der Waals surface area contributed by atoms with Crippen molar-refractivity contribution in [2.45, 2.75) is 224 Å². The Morgan fingerprint density at radius 2 is 0.548 bits per heavy atom. The molecule has 1 nitrogen and oxygen atoms in total. The molecule has 0 radical (unpaired) electrons. The quantitative estimate of drug-likeness (QED) is 0.0518. The number of fused-ring (bicyclic) bond motifs is 3. The fourth-order valence-corrected chi connectivity index (χ4v) is 11.7. The molecular formula is C83H110O. The van der Waals surface area contributed by atoms with Gasteiger partial charge in [0.25, 0.3) is 0 Å². The fraction of sp³-hybridized carbons (Fsp3) is 0.422. The van der Waals surface area contributed by atoms with Crippen molar-refractivity contribution in [2.75, 3.05) is 6.61 Å². The van der Waals surface area contributed by atoms with Gasteiger partial charge < -0.3 is 4.74 Å². The lowest BCUT2D eigenvalue weighted by Gasteiger charge is -2.33. The van der Waals surface area contributed by atoms with Gasteiger partial charge in [-0.2, -0.15) is 0 Å². The zero-order valence-electron chi connectivity index (χ0n) is 53.9. The largest absolute Gasteiger partial charge is 0.493 e. The van der Waals surface area contributed by atoms with Gasteiger partial charge in [0.05, 0.1) is 6.61 Å². The molecule has 448 valence electrons. The van der Waals surface area contributed by atoms with E-state index in [4.69, 9.17) is 4.74 Å². The van der Waals surface area contributed by atoms with E-state index < -0.39 is 0 Å². The summed E-state index contributed by atoms with van der Waals surface area (Å²) in [6.07, 6.45) is 26.6. The summed E-state index contributed by atoms with van der Waals surface area (Å²) in [7, 11) is 0. The topological polar surface area (TPSA) is 9.23 Å². The van der Waals surface area contributed by atoms with Gasteiger partial charge in [-0.25, -0.2) is 0 Å². The van der Waals surface area contributed by atoms with E-state index in [9.17, 15) is 0 Å². The lowest BCUT2D eigenvalue weighted by Crippen LogP contribution is -2.25. The first-order valence-corrected chi connectivity index (χ1v) is 32.6. The van der Waals surface area contributed by atoms with Crippen LogP contribution in [0.2, 0.25) is 0 Å². The zero-order chi connectivity index (χ0) is 59.4. The van der Waals surface area contributed by atoms with Crippen LogP contribution in [0.4, 0.5) is 0 Å². The van der Waals surface area contributed by atoms with Gasteiger partial charge in [0.15, 0.2) is 0 Å². The van der Waals surface area contributed by atoms with E-state index in [0.29, 0.717) is 0 Å². The van der Waals surface area contributed by atoms with Gasteiger partial charge in [-0.3, -0.25) is 0 Å². The number of aryl methyl sites for hydroxylation is 9. The SMILES string of the molecule is C.CCCCCCCCC1(CCCCCCCC)c2cc(-c3ccc(C)cc3)ccc2-c2ccc(-c3ccc(C)cc3)cc21.CCCCCCCCOc1cc(C)c(C)cc1C.Cc1ccc(-c2ccc(C)cc2)cc1.Cc1ccc(C)cc1. The number of benzene rings is 8. The van der Waals surface area contributed by atoms with Crippen LogP contribution in [0, 0.1) is 62.3 Å². The van der Waals surface area contributed by atoms with Crippen molar-refractivity contribution in [1.29, 1.82) is 0 Å². The van der Waals surface area contributed by atoms with Crippen molar-refractivity contribution < 1.29 is 4.74 Å². The molecule has 0 N–H and O–H groups in total. The van der Waals surface area contributed by atoms with Crippen LogP contribution in [-0.2, 0) is 5.41 Å². The van der Waals surface area contributed by atoms with Crippen LogP contribution < -0.4 is 4.74 Å². The molecule has 0 aliphatic heterocycles.